The van der Waals surface area contributed by atoms with E-state index in [0.717, 1.165) is 32.1 Å². The van der Waals surface area contributed by atoms with Gasteiger partial charge in [-0.1, -0.05) is 296 Å². The van der Waals surface area contributed by atoms with Crippen molar-refractivity contribution in [2.75, 3.05) is 26.4 Å². The average Bonchev–Trinajstić information content (AvgIpc) is 3.32. The van der Waals surface area contributed by atoms with Gasteiger partial charge in [0.1, 0.15) is 6.61 Å². The van der Waals surface area contributed by atoms with Crippen molar-refractivity contribution >= 4 is 19.8 Å². The molecule has 0 radical (unpaired) electrons. The molecule has 0 saturated carbocycles. The molecule has 0 aliphatic heterocycles. The second-order valence-corrected chi connectivity index (χ2v) is 21.7. The van der Waals surface area contributed by atoms with Crippen LogP contribution in [0.3, 0.4) is 0 Å². The molecule has 0 amide bonds. The summed E-state index contributed by atoms with van der Waals surface area (Å²) in [5, 5.41) is 0. The summed E-state index contributed by atoms with van der Waals surface area (Å²) in [5.74, 6) is -0.802. The predicted molar refractivity (Wildman–Crippen MR) is 285 cm³/mol. The van der Waals surface area contributed by atoms with Gasteiger partial charge in [-0.25, -0.2) is 4.57 Å². The van der Waals surface area contributed by atoms with Gasteiger partial charge in [0.15, 0.2) is 6.10 Å². The molecule has 9 nitrogen and oxygen atoms in total. The van der Waals surface area contributed by atoms with E-state index in [0.29, 0.717) is 6.42 Å². The zero-order valence-electron chi connectivity index (χ0n) is 44.7. The van der Waals surface area contributed by atoms with Crippen LogP contribution in [0.2, 0.25) is 0 Å². The maximum Gasteiger partial charge on any atom is 0.472 e. The van der Waals surface area contributed by atoms with E-state index in [4.69, 9.17) is 24.3 Å². The van der Waals surface area contributed by atoms with E-state index in [1.807, 2.05) is 0 Å². The molecular weight excluding hydrogens is 858 g/mol. The number of carbonyl (C=O) groups excluding carboxylic acids is 2. The summed E-state index contributed by atoms with van der Waals surface area (Å²) in [4.78, 5) is 35.2. The average molecular weight is 973 g/mol. The van der Waals surface area contributed by atoms with Crippen LogP contribution in [-0.2, 0) is 32.7 Å². The maximum absolute atomic E-state index is 12.7. The molecule has 2 atom stereocenters. The molecule has 0 aromatic carbocycles. The Bertz CT molecular complexity index is 1060. The summed E-state index contributed by atoms with van der Waals surface area (Å²) >= 11 is 0. The standard InChI is InChI=1S/C57H114NO8P/c1-3-5-7-9-11-13-15-17-19-21-23-25-26-27-28-30-32-34-36-38-40-42-44-46-48-50-57(60)66-55(54-65-67(61,62)64-52-51-58)53-63-56(59)49-47-45-43-41-39-37-35-33-31-29-24-22-20-18-16-14-12-10-8-6-4-2/h55H,3-54,58H2,1-2H3,(H,61,62). The van der Waals surface area contributed by atoms with Gasteiger partial charge in [-0.15, -0.1) is 0 Å². The number of carbonyl (C=O) groups is 2. The Kier molecular flexibility index (Phi) is 53.5. The SMILES string of the molecule is CCCCCCCCCCCCCCCCCCCCCCCCCCCC(=O)OC(COC(=O)CCCCCCCCCCCCCCCCCCCCCCC)COP(=O)(O)OCCN. The maximum atomic E-state index is 12.7. The molecule has 3 N–H and O–H groups in total. The number of hydrogen-bond acceptors (Lipinski definition) is 8. The summed E-state index contributed by atoms with van der Waals surface area (Å²) in [6, 6.07) is 0. The van der Waals surface area contributed by atoms with Crippen LogP contribution in [0, 0.1) is 0 Å². The number of ether oxygens (including phenoxy) is 2. The molecule has 0 rings (SSSR count). The third kappa shape index (κ3) is 54.2. The zero-order valence-corrected chi connectivity index (χ0v) is 45.6. The Morgan fingerprint density at radius 3 is 0.910 bits per heavy atom. The van der Waals surface area contributed by atoms with Crippen molar-refractivity contribution in [3.63, 3.8) is 0 Å². The summed E-state index contributed by atoms with van der Waals surface area (Å²) in [7, 11) is -4.38. The Balaban J connectivity index is 3.90. The largest absolute Gasteiger partial charge is 0.472 e. The first kappa shape index (κ1) is 66.0. The first-order chi connectivity index (χ1) is 32.8. The fraction of sp³-hybridized carbons (Fsp3) is 0.965. The number of esters is 2. The molecule has 0 aliphatic rings. The van der Waals surface area contributed by atoms with Crippen LogP contribution in [0.25, 0.3) is 0 Å². The quantitative estimate of drug-likeness (QED) is 0.0347. The van der Waals surface area contributed by atoms with E-state index >= 15 is 0 Å². The highest BCUT2D eigenvalue weighted by Gasteiger charge is 2.26. The second-order valence-electron chi connectivity index (χ2n) is 20.2. The Hall–Kier alpha value is -0.990. The molecule has 0 aliphatic carbocycles. The van der Waals surface area contributed by atoms with Gasteiger partial charge >= 0.3 is 19.8 Å². The number of rotatable bonds is 57. The third-order valence-electron chi connectivity index (χ3n) is 13.5. The lowest BCUT2D eigenvalue weighted by Gasteiger charge is -2.19. The normalized spacial score (nSPS) is 13.0. The van der Waals surface area contributed by atoms with Crippen molar-refractivity contribution in [2.45, 2.75) is 328 Å². The molecule has 400 valence electrons. The molecule has 10 heteroatoms. The van der Waals surface area contributed by atoms with Crippen LogP contribution < -0.4 is 5.73 Å². The summed E-state index contributed by atoms with van der Waals surface area (Å²) in [6.07, 6.45) is 60.2. The lowest BCUT2D eigenvalue weighted by Crippen LogP contribution is -2.29. The van der Waals surface area contributed by atoms with Crippen molar-refractivity contribution < 1.29 is 37.6 Å². The second kappa shape index (κ2) is 54.3. The first-order valence-corrected chi connectivity index (χ1v) is 31.0. The Labute approximate surface area is 416 Å². The first-order valence-electron chi connectivity index (χ1n) is 29.5. The fourth-order valence-corrected chi connectivity index (χ4v) is 9.88. The van der Waals surface area contributed by atoms with E-state index in [2.05, 4.69) is 13.8 Å². The van der Waals surface area contributed by atoms with Gasteiger partial charge in [0.2, 0.25) is 0 Å². The zero-order chi connectivity index (χ0) is 48.8. The number of phosphoric ester groups is 1. The molecular formula is C57H114NO8P. The van der Waals surface area contributed by atoms with Gasteiger partial charge in [-0.3, -0.25) is 18.6 Å². The molecule has 0 aromatic rings. The topological polar surface area (TPSA) is 134 Å². The minimum Gasteiger partial charge on any atom is -0.462 e. The van der Waals surface area contributed by atoms with Crippen molar-refractivity contribution in [1.29, 1.82) is 0 Å². The molecule has 0 aromatic heterocycles. The molecule has 0 heterocycles. The number of unbranched alkanes of at least 4 members (excludes halogenated alkanes) is 44. The fourth-order valence-electron chi connectivity index (χ4n) is 9.11. The van der Waals surface area contributed by atoms with Crippen LogP contribution >= 0.6 is 7.82 Å². The molecule has 0 spiro atoms. The van der Waals surface area contributed by atoms with E-state index in [1.54, 1.807) is 0 Å². The van der Waals surface area contributed by atoms with Crippen LogP contribution in [0.4, 0.5) is 0 Å². The molecule has 0 saturated heterocycles. The monoisotopic (exact) mass is 972 g/mol. The lowest BCUT2D eigenvalue weighted by atomic mass is 10.0. The summed E-state index contributed by atoms with van der Waals surface area (Å²) < 4.78 is 33.1. The minimum atomic E-state index is -4.38. The summed E-state index contributed by atoms with van der Waals surface area (Å²) in [6.45, 7) is 3.83. The van der Waals surface area contributed by atoms with E-state index < -0.39 is 26.5 Å². The predicted octanol–water partition coefficient (Wildman–Crippen LogP) is 18.3. The van der Waals surface area contributed by atoms with Crippen molar-refractivity contribution in [3.05, 3.63) is 0 Å². The van der Waals surface area contributed by atoms with Gasteiger partial charge in [0.05, 0.1) is 13.2 Å². The number of nitrogens with two attached hydrogens (primary N) is 1. The minimum absolute atomic E-state index is 0.0586. The highest BCUT2D eigenvalue weighted by atomic mass is 31.2. The summed E-state index contributed by atoms with van der Waals surface area (Å²) in [5.41, 5.74) is 5.38. The highest BCUT2D eigenvalue weighted by molar-refractivity contribution is 7.47. The van der Waals surface area contributed by atoms with Crippen LogP contribution in [0.15, 0.2) is 0 Å². The lowest BCUT2D eigenvalue weighted by molar-refractivity contribution is -0.161. The van der Waals surface area contributed by atoms with E-state index in [-0.39, 0.29) is 38.6 Å². The highest BCUT2D eigenvalue weighted by Crippen LogP contribution is 2.43. The third-order valence-corrected chi connectivity index (χ3v) is 14.5. The molecule has 2 unspecified atom stereocenters. The van der Waals surface area contributed by atoms with Crippen LogP contribution in [0.1, 0.15) is 322 Å². The Morgan fingerprint density at radius 1 is 0.388 bits per heavy atom. The van der Waals surface area contributed by atoms with Gasteiger partial charge in [0, 0.05) is 19.4 Å². The van der Waals surface area contributed by atoms with Crippen molar-refractivity contribution in [2.24, 2.45) is 5.73 Å². The molecule has 0 bridgehead atoms. The van der Waals surface area contributed by atoms with Gasteiger partial charge in [-0.2, -0.15) is 0 Å². The van der Waals surface area contributed by atoms with Crippen molar-refractivity contribution in [3.8, 4) is 0 Å². The number of hydrogen-bond donors (Lipinski definition) is 2. The van der Waals surface area contributed by atoms with Gasteiger partial charge in [0.25, 0.3) is 0 Å². The Morgan fingerprint density at radius 2 is 0.642 bits per heavy atom. The van der Waals surface area contributed by atoms with Crippen LogP contribution in [-0.4, -0.2) is 49.3 Å². The van der Waals surface area contributed by atoms with Gasteiger partial charge in [-0.05, 0) is 12.8 Å². The van der Waals surface area contributed by atoms with Gasteiger partial charge < -0.3 is 20.1 Å². The number of phosphoric acid groups is 1. The van der Waals surface area contributed by atoms with E-state index in [9.17, 15) is 19.0 Å². The van der Waals surface area contributed by atoms with Crippen molar-refractivity contribution in [1.82, 2.24) is 0 Å². The molecule has 0 fully saturated rings. The van der Waals surface area contributed by atoms with Crippen LogP contribution in [0.5, 0.6) is 0 Å². The molecule has 67 heavy (non-hydrogen) atoms. The van der Waals surface area contributed by atoms with E-state index in [1.165, 1.54) is 257 Å². The smallest absolute Gasteiger partial charge is 0.462 e.